The highest BCUT2D eigenvalue weighted by Crippen LogP contribution is 2.18. The van der Waals surface area contributed by atoms with Crippen LogP contribution in [-0.4, -0.2) is 53.6 Å². The monoisotopic (exact) mass is 352 g/mol. The number of para-hydroxylation sites is 1. The quantitative estimate of drug-likeness (QED) is 0.516. The Morgan fingerprint density at radius 3 is 2.77 bits per heavy atom. The fourth-order valence-electron chi connectivity index (χ4n) is 3.00. The van der Waals surface area contributed by atoms with Gasteiger partial charge in [-0.25, -0.2) is 4.98 Å². The highest BCUT2D eigenvalue weighted by atomic mass is 15.1. The number of H-pyrrole nitrogens is 1. The van der Waals surface area contributed by atoms with Gasteiger partial charge >= 0.3 is 0 Å². The molecule has 0 aliphatic heterocycles. The van der Waals surface area contributed by atoms with E-state index < -0.39 is 0 Å². The Balaban J connectivity index is 1.54. The maximum absolute atomic E-state index is 4.58. The number of anilines is 2. The number of hydrogen-bond acceptors (Lipinski definition) is 5. The van der Waals surface area contributed by atoms with Crippen LogP contribution in [0.2, 0.25) is 0 Å². The molecule has 3 N–H and O–H groups in total. The summed E-state index contributed by atoms with van der Waals surface area (Å²) in [5.41, 5.74) is 3.47. The van der Waals surface area contributed by atoms with E-state index in [1.165, 1.54) is 16.5 Å². The van der Waals surface area contributed by atoms with E-state index in [-0.39, 0.29) is 0 Å². The van der Waals surface area contributed by atoms with Crippen molar-refractivity contribution < 1.29 is 0 Å². The van der Waals surface area contributed by atoms with Crippen LogP contribution in [0.1, 0.15) is 17.7 Å². The Kier molecular flexibility index (Phi) is 6.07. The summed E-state index contributed by atoms with van der Waals surface area (Å²) >= 11 is 0. The first kappa shape index (κ1) is 18.2. The Bertz CT molecular complexity index is 839. The Labute approximate surface area is 155 Å². The van der Waals surface area contributed by atoms with Crippen LogP contribution in [0.5, 0.6) is 0 Å². The molecule has 0 spiro atoms. The van der Waals surface area contributed by atoms with Crippen LogP contribution in [0.3, 0.4) is 0 Å². The zero-order valence-electron chi connectivity index (χ0n) is 15.8. The molecule has 0 saturated carbocycles. The summed E-state index contributed by atoms with van der Waals surface area (Å²) in [6.07, 6.45) is 4.10. The summed E-state index contributed by atoms with van der Waals surface area (Å²) in [6.45, 7) is 4.75. The van der Waals surface area contributed by atoms with Crippen LogP contribution in [0.15, 0.2) is 36.5 Å². The molecule has 6 heteroatoms. The molecule has 0 radical (unpaired) electrons. The summed E-state index contributed by atoms with van der Waals surface area (Å²) in [5, 5.41) is 8.03. The van der Waals surface area contributed by atoms with Gasteiger partial charge in [0.15, 0.2) is 0 Å². The van der Waals surface area contributed by atoms with Gasteiger partial charge in [-0.1, -0.05) is 18.2 Å². The molecule has 0 atom stereocenters. The van der Waals surface area contributed by atoms with Crippen molar-refractivity contribution in [2.75, 3.05) is 44.4 Å². The number of hydrogen-bond donors (Lipinski definition) is 3. The number of aromatic nitrogens is 3. The van der Waals surface area contributed by atoms with E-state index in [2.05, 4.69) is 75.0 Å². The summed E-state index contributed by atoms with van der Waals surface area (Å²) < 4.78 is 0. The van der Waals surface area contributed by atoms with Crippen molar-refractivity contribution in [3.63, 3.8) is 0 Å². The van der Waals surface area contributed by atoms with Gasteiger partial charge in [0, 0.05) is 41.9 Å². The first-order valence-corrected chi connectivity index (χ1v) is 9.15. The van der Waals surface area contributed by atoms with Crippen LogP contribution < -0.4 is 10.6 Å². The fourth-order valence-corrected chi connectivity index (χ4v) is 3.00. The van der Waals surface area contributed by atoms with Crippen molar-refractivity contribution in [2.24, 2.45) is 0 Å². The number of aromatic amines is 1. The zero-order valence-corrected chi connectivity index (χ0v) is 15.8. The molecular formula is C20H28N6. The van der Waals surface area contributed by atoms with Crippen molar-refractivity contribution in [3.8, 4) is 0 Å². The summed E-state index contributed by atoms with van der Waals surface area (Å²) in [6, 6.07) is 10.4. The average Bonchev–Trinajstić information content (AvgIpc) is 3.02. The van der Waals surface area contributed by atoms with E-state index >= 15 is 0 Å². The summed E-state index contributed by atoms with van der Waals surface area (Å²) in [4.78, 5) is 14.5. The summed E-state index contributed by atoms with van der Waals surface area (Å²) in [5.74, 6) is 1.56. The van der Waals surface area contributed by atoms with Gasteiger partial charge in [-0.05, 0) is 52.0 Å². The van der Waals surface area contributed by atoms with Crippen LogP contribution in [0, 0.1) is 6.92 Å². The molecule has 3 aromatic rings. The lowest BCUT2D eigenvalue weighted by atomic mass is 10.1. The van der Waals surface area contributed by atoms with E-state index in [9.17, 15) is 0 Å². The second-order valence-electron chi connectivity index (χ2n) is 6.84. The fraction of sp³-hybridized carbons (Fsp3) is 0.400. The average molecular weight is 352 g/mol. The topological polar surface area (TPSA) is 68.9 Å². The highest BCUT2D eigenvalue weighted by Gasteiger charge is 2.05. The van der Waals surface area contributed by atoms with Crippen molar-refractivity contribution >= 4 is 22.7 Å². The number of fused-ring (bicyclic) bond motifs is 1. The molecular weight excluding hydrogens is 324 g/mol. The summed E-state index contributed by atoms with van der Waals surface area (Å²) in [7, 11) is 4.16. The Hall–Kier alpha value is -2.60. The first-order valence-electron chi connectivity index (χ1n) is 9.15. The molecule has 0 aliphatic carbocycles. The highest BCUT2D eigenvalue weighted by molar-refractivity contribution is 5.83. The predicted molar refractivity (Wildman–Crippen MR) is 109 cm³/mol. The molecule has 0 saturated heterocycles. The van der Waals surface area contributed by atoms with Crippen LogP contribution >= 0.6 is 0 Å². The smallest absolute Gasteiger partial charge is 0.224 e. The molecule has 2 heterocycles. The third kappa shape index (κ3) is 4.95. The minimum Gasteiger partial charge on any atom is -0.370 e. The normalized spacial score (nSPS) is 11.2. The third-order valence-corrected chi connectivity index (χ3v) is 4.29. The van der Waals surface area contributed by atoms with Crippen molar-refractivity contribution in [1.82, 2.24) is 19.9 Å². The number of nitrogens with zero attached hydrogens (tertiary/aromatic N) is 3. The minimum absolute atomic E-state index is 0.693. The van der Waals surface area contributed by atoms with Gasteiger partial charge in [0.2, 0.25) is 5.95 Å². The number of nitrogens with one attached hydrogen (secondary N) is 3. The van der Waals surface area contributed by atoms with Gasteiger partial charge in [0.05, 0.1) is 0 Å². The van der Waals surface area contributed by atoms with Gasteiger partial charge in [0.1, 0.15) is 5.82 Å². The molecule has 26 heavy (non-hydrogen) atoms. The van der Waals surface area contributed by atoms with Crippen LogP contribution in [0.25, 0.3) is 10.9 Å². The molecule has 0 unspecified atom stereocenters. The Morgan fingerprint density at radius 2 is 1.92 bits per heavy atom. The zero-order chi connectivity index (χ0) is 18.4. The van der Waals surface area contributed by atoms with E-state index in [0.717, 1.165) is 44.0 Å². The number of rotatable bonds is 9. The van der Waals surface area contributed by atoms with E-state index in [0.29, 0.717) is 5.95 Å². The molecule has 2 aromatic heterocycles. The molecule has 0 aliphatic rings. The predicted octanol–water partition coefficient (Wildman–Crippen LogP) is 3.28. The van der Waals surface area contributed by atoms with E-state index in [4.69, 9.17) is 0 Å². The lowest BCUT2D eigenvalue weighted by Gasteiger charge is -2.11. The van der Waals surface area contributed by atoms with Crippen LogP contribution in [-0.2, 0) is 6.42 Å². The van der Waals surface area contributed by atoms with E-state index in [1.807, 2.05) is 13.0 Å². The maximum atomic E-state index is 4.58. The molecule has 1 aromatic carbocycles. The molecule has 0 bridgehead atoms. The number of benzene rings is 1. The minimum atomic E-state index is 0.693. The standard InChI is InChI=1S/C20H28N6/c1-15-13-19(25-20(24-15)22-10-6-12-26(2)3)21-11-9-16-14-23-18-8-5-4-7-17(16)18/h4-5,7-8,13-14,23H,6,9-12H2,1-3H3,(H2,21,22,24,25). The SMILES string of the molecule is Cc1cc(NCCc2c[nH]c3ccccc23)nc(NCCCN(C)C)n1. The van der Waals surface area contributed by atoms with Crippen LogP contribution in [0.4, 0.5) is 11.8 Å². The molecule has 138 valence electrons. The maximum Gasteiger partial charge on any atom is 0.224 e. The molecule has 0 amide bonds. The van der Waals surface area contributed by atoms with Gasteiger partial charge < -0.3 is 20.5 Å². The van der Waals surface area contributed by atoms with Crippen molar-refractivity contribution in [2.45, 2.75) is 19.8 Å². The third-order valence-electron chi connectivity index (χ3n) is 4.29. The Morgan fingerprint density at radius 1 is 1.08 bits per heavy atom. The first-order chi connectivity index (χ1) is 12.6. The van der Waals surface area contributed by atoms with Crippen molar-refractivity contribution in [1.29, 1.82) is 0 Å². The number of aryl methyl sites for hydroxylation is 1. The van der Waals surface area contributed by atoms with Gasteiger partial charge in [-0.15, -0.1) is 0 Å². The second kappa shape index (κ2) is 8.67. The van der Waals surface area contributed by atoms with Crippen molar-refractivity contribution in [3.05, 3.63) is 47.8 Å². The molecule has 6 nitrogen and oxygen atoms in total. The van der Waals surface area contributed by atoms with Gasteiger partial charge in [-0.3, -0.25) is 0 Å². The lowest BCUT2D eigenvalue weighted by molar-refractivity contribution is 0.405. The van der Waals surface area contributed by atoms with Gasteiger partial charge in [0.25, 0.3) is 0 Å². The lowest BCUT2D eigenvalue weighted by Crippen LogP contribution is -2.17. The molecule has 0 fully saturated rings. The molecule has 3 rings (SSSR count). The van der Waals surface area contributed by atoms with Gasteiger partial charge in [-0.2, -0.15) is 4.98 Å². The van der Waals surface area contributed by atoms with E-state index in [1.54, 1.807) is 0 Å². The largest absolute Gasteiger partial charge is 0.370 e. The second-order valence-corrected chi connectivity index (χ2v) is 6.84.